The van der Waals surface area contributed by atoms with Gasteiger partial charge in [-0.3, -0.25) is 4.79 Å². The molecule has 0 bridgehead atoms. The molecule has 1 aromatic carbocycles. The van der Waals surface area contributed by atoms with Crippen LogP contribution in [0.3, 0.4) is 0 Å². The molecule has 9 heteroatoms. The predicted molar refractivity (Wildman–Crippen MR) is 88.1 cm³/mol. The topological polar surface area (TPSA) is 157 Å². The van der Waals surface area contributed by atoms with Crippen molar-refractivity contribution >= 4 is 5.78 Å². The summed E-state index contributed by atoms with van der Waals surface area (Å²) in [5.74, 6) is -1.98. The first-order chi connectivity index (χ1) is 12.1. The summed E-state index contributed by atoms with van der Waals surface area (Å²) in [6.07, 6.45) is -7.45. The van der Waals surface area contributed by atoms with Crippen LogP contribution in [0.1, 0.15) is 29.8 Å². The number of aliphatic hydroxyl groups is 4. The van der Waals surface area contributed by atoms with E-state index in [1.54, 1.807) is 13.8 Å². The zero-order valence-corrected chi connectivity index (χ0v) is 14.7. The van der Waals surface area contributed by atoms with Gasteiger partial charge < -0.3 is 40.1 Å². The first-order valence-corrected chi connectivity index (χ1v) is 8.17. The number of hydrogen-bond acceptors (Lipinski definition) is 9. The van der Waals surface area contributed by atoms with E-state index in [0.29, 0.717) is 0 Å². The molecule has 0 saturated carbocycles. The largest absolute Gasteiger partial charge is 0.507 e. The molecule has 0 amide bonds. The summed E-state index contributed by atoms with van der Waals surface area (Å²) in [4.78, 5) is 12.1. The van der Waals surface area contributed by atoms with E-state index in [2.05, 4.69) is 0 Å². The quantitative estimate of drug-likeness (QED) is 0.372. The molecule has 1 aliphatic heterocycles. The van der Waals surface area contributed by atoms with Crippen molar-refractivity contribution < 1.29 is 44.9 Å². The van der Waals surface area contributed by atoms with Gasteiger partial charge in [0.25, 0.3) is 0 Å². The predicted octanol–water partition coefficient (Wildman–Crippen LogP) is -0.576. The summed E-state index contributed by atoms with van der Waals surface area (Å²) in [5.41, 5.74) is -0.123. The standard InChI is InChI=1S/C17H24O9/c1-6(2)12(20)11-8(19)4-9(7(3)13(11)21)25-17-16(24)15(23)14(22)10(5-18)26-17/h4,6,10,14-19,21-24H,5H2,1-3H3/t10-,14-,15+,16-,17-/m1/s1. The molecule has 26 heavy (non-hydrogen) atoms. The second kappa shape index (κ2) is 7.77. The number of aromatic hydroxyl groups is 2. The molecular weight excluding hydrogens is 348 g/mol. The Morgan fingerprint density at radius 2 is 1.81 bits per heavy atom. The Hall–Kier alpha value is -1.91. The lowest BCUT2D eigenvalue weighted by Crippen LogP contribution is -2.60. The first kappa shape index (κ1) is 20.4. The van der Waals surface area contributed by atoms with Gasteiger partial charge in [-0.15, -0.1) is 0 Å². The van der Waals surface area contributed by atoms with Crippen LogP contribution in [0.5, 0.6) is 17.2 Å². The summed E-state index contributed by atoms with van der Waals surface area (Å²) in [7, 11) is 0. The van der Waals surface area contributed by atoms with E-state index in [1.165, 1.54) is 6.92 Å². The third kappa shape index (κ3) is 3.62. The highest BCUT2D eigenvalue weighted by molar-refractivity contribution is 6.03. The van der Waals surface area contributed by atoms with E-state index in [0.717, 1.165) is 6.07 Å². The fourth-order valence-corrected chi connectivity index (χ4v) is 2.67. The molecule has 6 N–H and O–H groups in total. The Labute approximate surface area is 150 Å². The minimum atomic E-state index is -1.64. The molecule has 0 unspecified atom stereocenters. The lowest BCUT2D eigenvalue weighted by Gasteiger charge is -2.39. The SMILES string of the molecule is Cc1c(O[C@@H]2O[C@H](CO)[C@@H](O)[C@H](O)[C@H]2O)cc(O)c(C(=O)C(C)C)c1O. The molecule has 1 fully saturated rings. The summed E-state index contributed by atoms with van der Waals surface area (Å²) in [5, 5.41) is 59.1. The molecule has 0 radical (unpaired) electrons. The van der Waals surface area contributed by atoms with E-state index >= 15 is 0 Å². The maximum Gasteiger partial charge on any atom is 0.229 e. The Bertz CT molecular complexity index is 671. The van der Waals surface area contributed by atoms with E-state index in [4.69, 9.17) is 9.47 Å². The smallest absolute Gasteiger partial charge is 0.229 e. The number of rotatable bonds is 5. The molecule has 2 rings (SSSR count). The lowest BCUT2D eigenvalue weighted by molar-refractivity contribution is -0.277. The summed E-state index contributed by atoms with van der Waals surface area (Å²) < 4.78 is 10.6. The Morgan fingerprint density at radius 3 is 2.35 bits per heavy atom. The highest BCUT2D eigenvalue weighted by Crippen LogP contribution is 2.39. The zero-order chi connectivity index (χ0) is 19.8. The van der Waals surface area contributed by atoms with Gasteiger partial charge in [0, 0.05) is 17.5 Å². The van der Waals surface area contributed by atoms with Crippen LogP contribution in [-0.2, 0) is 4.74 Å². The maximum absolute atomic E-state index is 12.1. The second-order valence-electron chi connectivity index (χ2n) is 6.58. The molecule has 1 aliphatic rings. The Balaban J connectivity index is 2.34. The molecular formula is C17H24O9. The van der Waals surface area contributed by atoms with Gasteiger partial charge >= 0.3 is 0 Å². The molecule has 0 spiro atoms. The van der Waals surface area contributed by atoms with Crippen LogP contribution in [0.4, 0.5) is 0 Å². The maximum atomic E-state index is 12.1. The number of aliphatic hydroxyl groups excluding tert-OH is 4. The number of hydrogen-bond donors (Lipinski definition) is 6. The number of ketones is 1. The van der Waals surface area contributed by atoms with Crippen LogP contribution in [0.25, 0.3) is 0 Å². The van der Waals surface area contributed by atoms with Crippen molar-refractivity contribution in [1.82, 2.24) is 0 Å². The van der Waals surface area contributed by atoms with Crippen molar-refractivity contribution in [2.75, 3.05) is 6.61 Å². The normalized spacial score (nSPS) is 29.0. The molecule has 5 atom stereocenters. The monoisotopic (exact) mass is 372 g/mol. The van der Waals surface area contributed by atoms with Gasteiger partial charge in [0.2, 0.25) is 6.29 Å². The van der Waals surface area contributed by atoms with Crippen LogP contribution in [-0.4, -0.2) is 73.7 Å². The molecule has 0 aliphatic carbocycles. The highest BCUT2D eigenvalue weighted by atomic mass is 16.7. The number of Topliss-reactive ketones (excluding diaryl/α,β-unsaturated/α-hetero) is 1. The molecule has 1 heterocycles. The van der Waals surface area contributed by atoms with Crippen molar-refractivity contribution in [2.45, 2.75) is 51.5 Å². The number of carbonyl (C=O) groups is 1. The van der Waals surface area contributed by atoms with Gasteiger partial charge in [-0.05, 0) is 6.92 Å². The van der Waals surface area contributed by atoms with Gasteiger partial charge in [-0.25, -0.2) is 0 Å². The van der Waals surface area contributed by atoms with Crippen molar-refractivity contribution in [1.29, 1.82) is 0 Å². The average Bonchev–Trinajstić information content (AvgIpc) is 2.59. The van der Waals surface area contributed by atoms with E-state index in [1.807, 2.05) is 0 Å². The fourth-order valence-electron chi connectivity index (χ4n) is 2.67. The number of ether oxygens (including phenoxy) is 2. The van der Waals surface area contributed by atoms with Crippen molar-refractivity contribution in [3.05, 3.63) is 17.2 Å². The second-order valence-corrected chi connectivity index (χ2v) is 6.58. The minimum Gasteiger partial charge on any atom is -0.507 e. The zero-order valence-electron chi connectivity index (χ0n) is 14.7. The Kier molecular flexibility index (Phi) is 6.09. The summed E-state index contributed by atoms with van der Waals surface area (Å²) in [6.45, 7) is 4.05. The molecule has 1 saturated heterocycles. The molecule has 1 aromatic rings. The fraction of sp³-hybridized carbons (Fsp3) is 0.588. The van der Waals surface area contributed by atoms with Crippen LogP contribution < -0.4 is 4.74 Å². The minimum absolute atomic E-state index is 0.0929. The number of phenolic OH excluding ortho intramolecular Hbond substituents is 2. The van der Waals surface area contributed by atoms with Crippen molar-refractivity contribution in [2.24, 2.45) is 5.92 Å². The lowest BCUT2D eigenvalue weighted by atomic mass is 9.96. The number of phenols is 2. The van der Waals surface area contributed by atoms with Gasteiger partial charge in [0.15, 0.2) is 5.78 Å². The third-order valence-electron chi connectivity index (χ3n) is 4.35. The molecule has 0 aromatic heterocycles. The van der Waals surface area contributed by atoms with Gasteiger partial charge in [0.1, 0.15) is 47.2 Å². The van der Waals surface area contributed by atoms with Crippen LogP contribution in [0, 0.1) is 12.8 Å². The molecule has 146 valence electrons. The summed E-state index contributed by atoms with van der Waals surface area (Å²) in [6, 6.07) is 1.09. The number of benzene rings is 1. The van der Waals surface area contributed by atoms with Crippen LogP contribution in [0.15, 0.2) is 6.07 Å². The van der Waals surface area contributed by atoms with Gasteiger partial charge in [-0.2, -0.15) is 0 Å². The average molecular weight is 372 g/mol. The van der Waals surface area contributed by atoms with Crippen molar-refractivity contribution in [3.8, 4) is 17.2 Å². The van der Waals surface area contributed by atoms with E-state index < -0.39 is 60.5 Å². The van der Waals surface area contributed by atoms with E-state index in [9.17, 15) is 35.4 Å². The van der Waals surface area contributed by atoms with Gasteiger partial charge in [0.05, 0.1) is 6.61 Å². The van der Waals surface area contributed by atoms with Gasteiger partial charge in [-0.1, -0.05) is 13.8 Å². The van der Waals surface area contributed by atoms with E-state index in [-0.39, 0.29) is 16.9 Å². The molecule has 9 nitrogen and oxygen atoms in total. The van der Waals surface area contributed by atoms with Crippen LogP contribution >= 0.6 is 0 Å². The first-order valence-electron chi connectivity index (χ1n) is 8.17. The number of carbonyl (C=O) groups excluding carboxylic acids is 1. The van der Waals surface area contributed by atoms with Crippen LogP contribution in [0.2, 0.25) is 0 Å². The summed E-state index contributed by atoms with van der Waals surface area (Å²) >= 11 is 0. The third-order valence-corrected chi connectivity index (χ3v) is 4.35. The highest BCUT2D eigenvalue weighted by Gasteiger charge is 2.45. The Morgan fingerprint density at radius 1 is 1.19 bits per heavy atom. The van der Waals surface area contributed by atoms with Crippen molar-refractivity contribution in [3.63, 3.8) is 0 Å².